The van der Waals surface area contributed by atoms with E-state index in [0.717, 1.165) is 12.1 Å². The molecule has 2 aromatic carbocycles. The first-order valence-corrected chi connectivity index (χ1v) is 8.74. The molecule has 8 heteroatoms. The number of para-hydroxylation sites is 1. The Morgan fingerprint density at radius 2 is 1.67 bits per heavy atom. The van der Waals surface area contributed by atoms with E-state index in [4.69, 9.17) is 11.6 Å². The lowest BCUT2D eigenvalue weighted by molar-refractivity contribution is -0.121. The number of carbonyl (C=O) groups is 2. The molecule has 0 radical (unpaired) electrons. The second kappa shape index (κ2) is 8.00. The van der Waals surface area contributed by atoms with Gasteiger partial charge in [0.2, 0.25) is 5.91 Å². The van der Waals surface area contributed by atoms with E-state index in [1.807, 2.05) is 0 Å². The molecule has 1 heterocycles. The van der Waals surface area contributed by atoms with Gasteiger partial charge in [0.25, 0.3) is 5.91 Å². The number of hydrogen-bond acceptors (Lipinski definition) is 2. The molecule has 1 N–H and O–H groups in total. The molecule has 1 aliphatic heterocycles. The van der Waals surface area contributed by atoms with E-state index in [2.05, 4.69) is 5.32 Å². The Kier molecular flexibility index (Phi) is 5.70. The number of benzene rings is 2. The van der Waals surface area contributed by atoms with Gasteiger partial charge >= 0.3 is 0 Å². The molecule has 1 aliphatic rings. The fraction of sp³-hybridized carbons (Fsp3) is 0.263. The smallest absolute Gasteiger partial charge is 0.256 e. The summed E-state index contributed by atoms with van der Waals surface area (Å²) in [7, 11) is 0. The van der Waals surface area contributed by atoms with Crippen LogP contribution in [-0.4, -0.2) is 29.8 Å². The average Bonchev–Trinajstić information content (AvgIpc) is 2.67. The minimum absolute atomic E-state index is 0.206. The number of rotatable bonds is 3. The molecule has 142 valence electrons. The van der Waals surface area contributed by atoms with Crippen LogP contribution in [0.4, 0.5) is 18.9 Å². The van der Waals surface area contributed by atoms with Crippen LogP contribution < -0.4 is 5.32 Å². The van der Waals surface area contributed by atoms with E-state index in [1.165, 1.54) is 4.90 Å². The normalized spacial score (nSPS) is 14.9. The maximum absolute atomic E-state index is 13.8. The second-order valence-corrected chi connectivity index (χ2v) is 6.67. The third-order valence-electron chi connectivity index (χ3n) is 4.55. The summed E-state index contributed by atoms with van der Waals surface area (Å²) >= 11 is 6.02. The number of halogens is 4. The van der Waals surface area contributed by atoms with Gasteiger partial charge < -0.3 is 10.2 Å². The van der Waals surface area contributed by atoms with Crippen molar-refractivity contribution in [2.24, 2.45) is 5.92 Å². The standard InChI is InChI=1S/C19H16ClF3N2O2/c20-13-3-1-2-4-15(13)24-18(26)11-7-9-25(10-8-11)19(27)12-5-6-14(21)17(23)16(12)22/h1-6,11H,7-10H2,(H,24,26). The lowest BCUT2D eigenvalue weighted by atomic mass is 9.95. The minimum atomic E-state index is -1.67. The summed E-state index contributed by atoms with van der Waals surface area (Å²) in [5.74, 6) is -5.79. The SMILES string of the molecule is O=C(Nc1ccccc1Cl)C1CCN(C(=O)c2ccc(F)c(F)c2F)CC1. The average molecular weight is 397 g/mol. The van der Waals surface area contributed by atoms with Gasteiger partial charge in [0.15, 0.2) is 17.5 Å². The summed E-state index contributed by atoms with van der Waals surface area (Å²) < 4.78 is 40.2. The fourth-order valence-corrected chi connectivity index (χ4v) is 3.19. The molecule has 27 heavy (non-hydrogen) atoms. The summed E-state index contributed by atoms with van der Waals surface area (Å²) in [5, 5.41) is 3.18. The number of nitrogens with one attached hydrogen (secondary N) is 1. The number of amides is 2. The van der Waals surface area contributed by atoms with Crippen LogP contribution in [0, 0.1) is 23.4 Å². The zero-order valence-electron chi connectivity index (χ0n) is 14.1. The minimum Gasteiger partial charge on any atom is -0.339 e. The zero-order chi connectivity index (χ0) is 19.6. The molecule has 0 spiro atoms. The van der Waals surface area contributed by atoms with E-state index in [1.54, 1.807) is 24.3 Å². The molecule has 2 amide bonds. The third kappa shape index (κ3) is 4.08. The molecule has 0 unspecified atom stereocenters. The van der Waals surface area contributed by atoms with Crippen molar-refractivity contribution in [1.82, 2.24) is 4.90 Å². The quantitative estimate of drug-likeness (QED) is 0.788. The molecule has 4 nitrogen and oxygen atoms in total. The highest BCUT2D eigenvalue weighted by Crippen LogP contribution is 2.25. The maximum atomic E-state index is 13.8. The van der Waals surface area contributed by atoms with Gasteiger partial charge in [0, 0.05) is 19.0 Å². The Labute approximate surface area is 158 Å². The van der Waals surface area contributed by atoms with Crippen LogP contribution in [0.3, 0.4) is 0 Å². The van der Waals surface area contributed by atoms with Gasteiger partial charge in [-0.15, -0.1) is 0 Å². The van der Waals surface area contributed by atoms with Crippen LogP contribution in [0.1, 0.15) is 23.2 Å². The lowest BCUT2D eigenvalue weighted by Crippen LogP contribution is -2.41. The topological polar surface area (TPSA) is 49.4 Å². The van der Waals surface area contributed by atoms with Crippen LogP contribution in [0.2, 0.25) is 5.02 Å². The molecular weight excluding hydrogens is 381 g/mol. The molecule has 1 saturated heterocycles. The van der Waals surface area contributed by atoms with Crippen molar-refractivity contribution >= 4 is 29.1 Å². The van der Waals surface area contributed by atoms with Gasteiger partial charge in [-0.2, -0.15) is 0 Å². The number of carbonyl (C=O) groups excluding carboxylic acids is 2. The van der Waals surface area contributed by atoms with Crippen molar-refractivity contribution in [3.8, 4) is 0 Å². The molecule has 1 fully saturated rings. The van der Waals surface area contributed by atoms with Crippen LogP contribution in [-0.2, 0) is 4.79 Å². The second-order valence-electron chi connectivity index (χ2n) is 6.26. The predicted octanol–water partition coefficient (Wildman–Crippen LogP) is 4.25. The molecule has 2 aromatic rings. The van der Waals surface area contributed by atoms with Crippen molar-refractivity contribution < 1.29 is 22.8 Å². The Balaban J connectivity index is 1.62. The van der Waals surface area contributed by atoms with Crippen molar-refractivity contribution in [3.63, 3.8) is 0 Å². The highest BCUT2D eigenvalue weighted by Gasteiger charge is 2.30. The fourth-order valence-electron chi connectivity index (χ4n) is 3.00. The van der Waals surface area contributed by atoms with E-state index >= 15 is 0 Å². The number of likely N-dealkylation sites (tertiary alicyclic amines) is 1. The first kappa shape index (κ1) is 19.2. The number of nitrogens with zero attached hydrogens (tertiary/aromatic N) is 1. The maximum Gasteiger partial charge on any atom is 0.256 e. The Morgan fingerprint density at radius 3 is 2.33 bits per heavy atom. The Bertz CT molecular complexity index is 883. The van der Waals surface area contributed by atoms with Crippen LogP contribution in [0.25, 0.3) is 0 Å². The molecular formula is C19H16ClF3N2O2. The first-order valence-electron chi connectivity index (χ1n) is 8.36. The molecule has 0 aliphatic carbocycles. The summed E-state index contributed by atoms with van der Waals surface area (Å²) in [5.41, 5.74) is -0.0144. The van der Waals surface area contributed by atoms with E-state index in [-0.39, 0.29) is 24.9 Å². The molecule has 0 bridgehead atoms. The van der Waals surface area contributed by atoms with Crippen LogP contribution in [0.15, 0.2) is 36.4 Å². The van der Waals surface area contributed by atoms with E-state index in [0.29, 0.717) is 23.6 Å². The zero-order valence-corrected chi connectivity index (χ0v) is 14.9. The van der Waals surface area contributed by atoms with Crippen molar-refractivity contribution in [2.75, 3.05) is 18.4 Å². The highest BCUT2D eigenvalue weighted by molar-refractivity contribution is 6.33. The van der Waals surface area contributed by atoms with Crippen LogP contribution >= 0.6 is 11.6 Å². The summed E-state index contributed by atoms with van der Waals surface area (Å²) in [6.45, 7) is 0.412. The largest absolute Gasteiger partial charge is 0.339 e. The highest BCUT2D eigenvalue weighted by atomic mass is 35.5. The first-order chi connectivity index (χ1) is 12.9. The van der Waals surface area contributed by atoms with Gasteiger partial charge in [-0.25, -0.2) is 13.2 Å². The van der Waals surface area contributed by atoms with E-state index < -0.39 is 28.9 Å². The Morgan fingerprint density at radius 1 is 1.00 bits per heavy atom. The number of hydrogen-bond donors (Lipinski definition) is 1. The Hall–Kier alpha value is -2.54. The molecule has 0 atom stereocenters. The summed E-state index contributed by atoms with van der Waals surface area (Å²) in [6, 6.07) is 8.49. The van der Waals surface area contributed by atoms with Gasteiger partial charge in [-0.3, -0.25) is 9.59 Å². The third-order valence-corrected chi connectivity index (χ3v) is 4.88. The number of anilines is 1. The molecule has 0 aromatic heterocycles. The van der Waals surface area contributed by atoms with Crippen molar-refractivity contribution in [3.05, 3.63) is 64.4 Å². The lowest BCUT2D eigenvalue weighted by Gasteiger charge is -2.31. The van der Waals surface area contributed by atoms with Gasteiger partial charge in [0.1, 0.15) is 0 Å². The van der Waals surface area contributed by atoms with Gasteiger partial charge in [0.05, 0.1) is 16.3 Å². The summed E-state index contributed by atoms with van der Waals surface area (Å²) in [6.07, 6.45) is 0.737. The van der Waals surface area contributed by atoms with Gasteiger partial charge in [-0.1, -0.05) is 23.7 Å². The van der Waals surface area contributed by atoms with Crippen molar-refractivity contribution in [1.29, 1.82) is 0 Å². The van der Waals surface area contributed by atoms with Crippen LogP contribution in [0.5, 0.6) is 0 Å². The van der Waals surface area contributed by atoms with Crippen molar-refractivity contribution in [2.45, 2.75) is 12.8 Å². The summed E-state index contributed by atoms with van der Waals surface area (Å²) in [4.78, 5) is 26.1. The molecule has 0 saturated carbocycles. The van der Waals surface area contributed by atoms with E-state index in [9.17, 15) is 22.8 Å². The number of piperidine rings is 1. The predicted molar refractivity (Wildman–Crippen MR) is 95.0 cm³/mol. The van der Waals surface area contributed by atoms with Gasteiger partial charge in [-0.05, 0) is 37.1 Å². The molecule has 3 rings (SSSR count). The monoisotopic (exact) mass is 396 g/mol.